The monoisotopic (exact) mass is 326 g/mol. The summed E-state index contributed by atoms with van der Waals surface area (Å²) in [5.74, 6) is 2.24. The van der Waals surface area contributed by atoms with Crippen LogP contribution in [0, 0.1) is 13.8 Å². The van der Waals surface area contributed by atoms with Crippen molar-refractivity contribution in [3.05, 3.63) is 41.2 Å². The van der Waals surface area contributed by atoms with Gasteiger partial charge in [-0.15, -0.1) is 0 Å². The van der Waals surface area contributed by atoms with Crippen LogP contribution in [0.1, 0.15) is 29.8 Å². The van der Waals surface area contributed by atoms with Crippen molar-refractivity contribution in [1.82, 2.24) is 9.97 Å². The Kier molecular flexibility index (Phi) is 4.64. The number of amides is 1. The summed E-state index contributed by atoms with van der Waals surface area (Å²) in [5.41, 5.74) is 2.99. The molecule has 1 aromatic carbocycles. The van der Waals surface area contributed by atoms with Gasteiger partial charge in [-0.1, -0.05) is 12.1 Å². The summed E-state index contributed by atoms with van der Waals surface area (Å²) in [4.78, 5) is 22.3. The molecule has 1 N–H and O–H groups in total. The molecule has 1 aliphatic rings. The van der Waals surface area contributed by atoms with Crippen molar-refractivity contribution in [2.45, 2.75) is 33.2 Å². The number of benzene rings is 1. The Morgan fingerprint density at radius 1 is 1.21 bits per heavy atom. The zero-order valence-electron chi connectivity index (χ0n) is 14.3. The molecule has 0 bridgehead atoms. The van der Waals surface area contributed by atoms with E-state index in [0.717, 1.165) is 35.6 Å². The first-order valence-corrected chi connectivity index (χ1v) is 8.11. The predicted octanol–water partition coefficient (Wildman–Crippen LogP) is 2.84. The zero-order chi connectivity index (χ0) is 17.1. The van der Waals surface area contributed by atoms with Crippen LogP contribution in [-0.2, 0) is 11.3 Å². The Hall–Kier alpha value is -2.63. The first kappa shape index (κ1) is 16.2. The molecule has 24 heavy (non-hydrogen) atoms. The lowest BCUT2D eigenvalue weighted by molar-refractivity contribution is -0.117. The summed E-state index contributed by atoms with van der Waals surface area (Å²) >= 11 is 0. The smallest absolute Gasteiger partial charge is 0.227 e. The quantitative estimate of drug-likeness (QED) is 0.915. The van der Waals surface area contributed by atoms with Gasteiger partial charge in [0.25, 0.3) is 0 Å². The van der Waals surface area contributed by atoms with Gasteiger partial charge in [0.2, 0.25) is 11.8 Å². The molecule has 126 valence electrons. The lowest BCUT2D eigenvalue weighted by Gasteiger charge is -2.16. The van der Waals surface area contributed by atoms with E-state index in [1.165, 1.54) is 0 Å². The minimum atomic E-state index is 0.208. The lowest BCUT2D eigenvalue weighted by atomic mass is 10.2. The van der Waals surface area contributed by atoms with Gasteiger partial charge in [-0.25, -0.2) is 4.98 Å². The van der Waals surface area contributed by atoms with E-state index >= 15 is 0 Å². The number of carbonyl (C=O) groups excluding carboxylic acids is 1. The number of nitrogens with one attached hydrogen (secondary N) is 1. The number of anilines is 2. The van der Waals surface area contributed by atoms with Gasteiger partial charge >= 0.3 is 0 Å². The Labute approximate surface area is 141 Å². The highest BCUT2D eigenvalue weighted by Crippen LogP contribution is 2.24. The summed E-state index contributed by atoms with van der Waals surface area (Å²) in [5, 5.41) is 3.33. The highest BCUT2D eigenvalue weighted by Gasteiger charge is 2.21. The molecule has 3 rings (SSSR count). The van der Waals surface area contributed by atoms with Crippen molar-refractivity contribution in [1.29, 1.82) is 0 Å². The number of aromatic nitrogens is 2. The van der Waals surface area contributed by atoms with Gasteiger partial charge in [-0.3, -0.25) is 4.79 Å². The van der Waals surface area contributed by atoms with E-state index in [1.807, 2.05) is 43.0 Å². The molecule has 6 heteroatoms. The van der Waals surface area contributed by atoms with E-state index in [0.29, 0.717) is 24.7 Å². The van der Waals surface area contributed by atoms with Crippen LogP contribution in [0.2, 0.25) is 0 Å². The van der Waals surface area contributed by atoms with Gasteiger partial charge in [-0.2, -0.15) is 4.98 Å². The Morgan fingerprint density at radius 2 is 1.96 bits per heavy atom. The minimum Gasteiger partial charge on any atom is -0.481 e. The van der Waals surface area contributed by atoms with E-state index in [1.54, 1.807) is 7.11 Å². The second-order valence-electron chi connectivity index (χ2n) is 5.92. The average Bonchev–Trinajstić information content (AvgIpc) is 3.02. The summed E-state index contributed by atoms with van der Waals surface area (Å²) in [6.07, 6.45) is 1.59. The SMILES string of the molecule is COc1nc(C)nc(NCc2ccc(N3CCCC3=O)cc2)c1C. The minimum absolute atomic E-state index is 0.208. The number of rotatable bonds is 5. The molecule has 1 saturated heterocycles. The average molecular weight is 326 g/mol. The zero-order valence-corrected chi connectivity index (χ0v) is 14.3. The second kappa shape index (κ2) is 6.86. The predicted molar refractivity (Wildman–Crippen MR) is 93.4 cm³/mol. The molecule has 0 saturated carbocycles. The first-order valence-electron chi connectivity index (χ1n) is 8.11. The van der Waals surface area contributed by atoms with Gasteiger partial charge in [0.15, 0.2) is 0 Å². The molecule has 0 atom stereocenters. The molecule has 2 heterocycles. The Balaban J connectivity index is 1.69. The third-order valence-corrected chi connectivity index (χ3v) is 4.19. The lowest BCUT2D eigenvalue weighted by Crippen LogP contribution is -2.23. The van der Waals surface area contributed by atoms with Crippen LogP contribution >= 0.6 is 0 Å². The van der Waals surface area contributed by atoms with Crippen LogP contribution in [0.15, 0.2) is 24.3 Å². The molecule has 1 amide bonds. The molecule has 1 fully saturated rings. The fraction of sp³-hybridized carbons (Fsp3) is 0.389. The molecule has 0 unspecified atom stereocenters. The topological polar surface area (TPSA) is 67.4 Å². The normalized spacial score (nSPS) is 14.1. The van der Waals surface area contributed by atoms with Gasteiger partial charge in [0, 0.05) is 25.2 Å². The van der Waals surface area contributed by atoms with Crippen LogP contribution in [0.5, 0.6) is 5.88 Å². The van der Waals surface area contributed by atoms with Gasteiger partial charge in [-0.05, 0) is 38.0 Å². The van der Waals surface area contributed by atoms with Crippen molar-refractivity contribution < 1.29 is 9.53 Å². The summed E-state index contributed by atoms with van der Waals surface area (Å²) in [6.45, 7) is 5.24. The molecule has 2 aromatic rings. The number of hydrogen-bond acceptors (Lipinski definition) is 5. The van der Waals surface area contributed by atoms with Crippen LogP contribution in [0.3, 0.4) is 0 Å². The molecular weight excluding hydrogens is 304 g/mol. The molecule has 0 spiro atoms. The van der Waals surface area contributed by atoms with E-state index in [-0.39, 0.29) is 5.91 Å². The van der Waals surface area contributed by atoms with Crippen LogP contribution in [0.4, 0.5) is 11.5 Å². The Morgan fingerprint density at radius 3 is 2.58 bits per heavy atom. The fourth-order valence-corrected chi connectivity index (χ4v) is 2.87. The van der Waals surface area contributed by atoms with Gasteiger partial charge in [0.1, 0.15) is 11.6 Å². The summed E-state index contributed by atoms with van der Waals surface area (Å²) in [6, 6.07) is 8.07. The fourth-order valence-electron chi connectivity index (χ4n) is 2.87. The van der Waals surface area contributed by atoms with Crippen LogP contribution in [0.25, 0.3) is 0 Å². The number of methoxy groups -OCH3 is 1. The molecule has 0 radical (unpaired) electrons. The van der Waals surface area contributed by atoms with Crippen molar-refractivity contribution in [3.63, 3.8) is 0 Å². The van der Waals surface area contributed by atoms with Crippen molar-refractivity contribution >= 4 is 17.4 Å². The third-order valence-electron chi connectivity index (χ3n) is 4.19. The second-order valence-corrected chi connectivity index (χ2v) is 5.92. The number of ether oxygens (including phenoxy) is 1. The molecule has 1 aromatic heterocycles. The van der Waals surface area contributed by atoms with Crippen molar-refractivity contribution in [2.24, 2.45) is 0 Å². The number of aryl methyl sites for hydroxylation is 1. The maximum absolute atomic E-state index is 11.8. The third kappa shape index (κ3) is 3.32. The van der Waals surface area contributed by atoms with Gasteiger partial charge < -0.3 is 15.0 Å². The van der Waals surface area contributed by atoms with E-state index in [4.69, 9.17) is 4.74 Å². The molecular formula is C18H22N4O2. The standard InChI is InChI=1S/C18H22N4O2/c1-12-17(20-13(2)21-18(12)24-3)19-11-14-6-8-15(9-7-14)22-10-4-5-16(22)23/h6-9H,4-5,10-11H2,1-3H3,(H,19,20,21). The molecule has 0 aliphatic carbocycles. The molecule has 1 aliphatic heterocycles. The number of hydrogen-bond donors (Lipinski definition) is 1. The molecule has 6 nitrogen and oxygen atoms in total. The highest BCUT2D eigenvalue weighted by atomic mass is 16.5. The largest absolute Gasteiger partial charge is 0.481 e. The van der Waals surface area contributed by atoms with Crippen LogP contribution in [-0.4, -0.2) is 29.5 Å². The van der Waals surface area contributed by atoms with E-state index in [2.05, 4.69) is 15.3 Å². The Bertz CT molecular complexity index is 743. The maximum Gasteiger partial charge on any atom is 0.227 e. The van der Waals surface area contributed by atoms with Crippen LogP contribution < -0.4 is 15.0 Å². The van der Waals surface area contributed by atoms with Gasteiger partial charge in [0.05, 0.1) is 12.7 Å². The van der Waals surface area contributed by atoms with E-state index in [9.17, 15) is 4.79 Å². The van der Waals surface area contributed by atoms with Crippen molar-refractivity contribution in [3.8, 4) is 5.88 Å². The summed E-state index contributed by atoms with van der Waals surface area (Å²) < 4.78 is 5.27. The summed E-state index contributed by atoms with van der Waals surface area (Å²) in [7, 11) is 1.61. The number of nitrogens with zero attached hydrogens (tertiary/aromatic N) is 3. The highest BCUT2D eigenvalue weighted by molar-refractivity contribution is 5.95. The van der Waals surface area contributed by atoms with E-state index < -0.39 is 0 Å². The van der Waals surface area contributed by atoms with Crippen molar-refractivity contribution in [2.75, 3.05) is 23.9 Å². The maximum atomic E-state index is 11.8. The first-order chi connectivity index (χ1) is 11.6. The number of carbonyl (C=O) groups is 1.